The molecule has 1 aliphatic heterocycles. The van der Waals surface area contributed by atoms with Crippen LogP contribution in [0.15, 0.2) is 27.6 Å². The number of benzene rings is 1. The molecule has 1 heterocycles. The molecule has 0 amide bonds. The molecule has 9 heteroatoms. The first-order chi connectivity index (χ1) is 11.1. The number of aliphatic carboxylic acids is 1. The Bertz CT molecular complexity index is 723. The molecule has 1 fully saturated rings. The molecule has 134 valence electrons. The number of carboxylic acids is 1. The molecule has 7 nitrogen and oxygen atoms in total. The summed E-state index contributed by atoms with van der Waals surface area (Å²) in [5.41, 5.74) is 0.746. The SMILES string of the molecule is CN(C)c1ccc(Br)c(S(=O)(=O)N2CCC[C@H]([C@@H](O)C(=O)O)C2)c1. The molecule has 1 aromatic carbocycles. The van der Waals surface area contributed by atoms with Gasteiger partial charge in [-0.3, -0.25) is 0 Å². The highest BCUT2D eigenvalue weighted by atomic mass is 79.9. The molecule has 2 rings (SSSR count). The van der Waals surface area contributed by atoms with Crippen LogP contribution >= 0.6 is 15.9 Å². The number of halogens is 1. The molecule has 1 aliphatic rings. The quantitative estimate of drug-likeness (QED) is 0.745. The predicted octanol–water partition coefficient (Wildman–Crippen LogP) is 1.36. The maximum absolute atomic E-state index is 13.0. The molecule has 1 aromatic rings. The summed E-state index contributed by atoms with van der Waals surface area (Å²) in [5, 5.41) is 18.7. The molecule has 24 heavy (non-hydrogen) atoms. The van der Waals surface area contributed by atoms with Crippen molar-refractivity contribution < 1.29 is 23.4 Å². The smallest absolute Gasteiger partial charge is 0.332 e. The predicted molar refractivity (Wildman–Crippen MR) is 93.6 cm³/mol. The number of piperidine rings is 1. The summed E-state index contributed by atoms with van der Waals surface area (Å²) in [7, 11) is -0.147. The highest BCUT2D eigenvalue weighted by Gasteiger charge is 2.36. The van der Waals surface area contributed by atoms with Crippen LogP contribution < -0.4 is 4.90 Å². The Morgan fingerprint density at radius 3 is 2.67 bits per heavy atom. The van der Waals surface area contributed by atoms with Crippen molar-refractivity contribution in [2.75, 3.05) is 32.1 Å². The number of hydrogen-bond acceptors (Lipinski definition) is 5. The van der Waals surface area contributed by atoms with Crippen LogP contribution in [0.5, 0.6) is 0 Å². The summed E-state index contributed by atoms with van der Waals surface area (Å²) in [6, 6.07) is 5.06. The zero-order chi connectivity index (χ0) is 18.1. The van der Waals surface area contributed by atoms with Crippen molar-refractivity contribution >= 4 is 37.6 Å². The molecule has 2 N–H and O–H groups in total. The van der Waals surface area contributed by atoms with Gasteiger partial charge in [0.05, 0.1) is 4.90 Å². The Labute approximate surface area is 150 Å². The van der Waals surface area contributed by atoms with E-state index in [0.29, 0.717) is 23.9 Å². The standard InChI is InChI=1S/C15H21BrN2O5S/c1-17(2)11-5-6-12(16)13(8-11)24(22,23)18-7-3-4-10(9-18)14(19)15(20)21/h5-6,8,10,14,19H,3-4,7,9H2,1-2H3,(H,20,21)/t10-,14+/m0/s1. The van der Waals surface area contributed by atoms with Gasteiger partial charge in [-0.05, 0) is 47.0 Å². The fourth-order valence-electron chi connectivity index (χ4n) is 2.76. The van der Waals surface area contributed by atoms with Gasteiger partial charge in [-0.1, -0.05) is 0 Å². The van der Waals surface area contributed by atoms with Crippen molar-refractivity contribution in [3.8, 4) is 0 Å². The van der Waals surface area contributed by atoms with Crippen LogP contribution in [0.3, 0.4) is 0 Å². The highest BCUT2D eigenvalue weighted by molar-refractivity contribution is 9.10. The molecule has 0 spiro atoms. The third-order valence-electron chi connectivity index (χ3n) is 4.17. The minimum Gasteiger partial charge on any atom is -0.479 e. The van der Waals surface area contributed by atoms with E-state index in [1.165, 1.54) is 4.31 Å². The maximum atomic E-state index is 13.0. The van der Waals surface area contributed by atoms with Gasteiger partial charge in [-0.15, -0.1) is 0 Å². The topological polar surface area (TPSA) is 98.2 Å². The van der Waals surface area contributed by atoms with Gasteiger partial charge in [-0.25, -0.2) is 13.2 Å². The molecule has 0 saturated carbocycles. The largest absolute Gasteiger partial charge is 0.479 e. The zero-order valence-corrected chi connectivity index (χ0v) is 15.9. The lowest BCUT2D eigenvalue weighted by Gasteiger charge is -2.33. The molecular weight excluding hydrogens is 400 g/mol. The fourth-order valence-corrected chi connectivity index (χ4v) is 5.24. The second-order valence-corrected chi connectivity index (χ2v) is 8.82. The first kappa shape index (κ1) is 19.2. The summed E-state index contributed by atoms with van der Waals surface area (Å²) in [6.07, 6.45) is -0.558. The van der Waals surface area contributed by atoms with Crippen LogP contribution in [0, 0.1) is 5.92 Å². The van der Waals surface area contributed by atoms with Gasteiger partial charge < -0.3 is 15.1 Å². The summed E-state index contributed by atoms with van der Waals surface area (Å²) in [6.45, 7) is 0.304. The van der Waals surface area contributed by atoms with E-state index in [9.17, 15) is 18.3 Å². The van der Waals surface area contributed by atoms with Crippen molar-refractivity contribution in [2.45, 2.75) is 23.8 Å². The van der Waals surface area contributed by atoms with E-state index in [-0.39, 0.29) is 11.4 Å². The number of rotatable bonds is 5. The Hall–Kier alpha value is -1.16. The second-order valence-electron chi connectivity index (χ2n) is 6.06. The summed E-state index contributed by atoms with van der Waals surface area (Å²) >= 11 is 3.28. The molecule has 0 unspecified atom stereocenters. The normalized spacial score (nSPS) is 20.6. The number of anilines is 1. The highest BCUT2D eigenvalue weighted by Crippen LogP contribution is 2.32. The number of aliphatic hydroxyl groups is 1. The lowest BCUT2D eigenvalue weighted by atomic mass is 9.94. The van der Waals surface area contributed by atoms with Gasteiger partial charge in [0.15, 0.2) is 6.10 Å². The van der Waals surface area contributed by atoms with E-state index in [4.69, 9.17) is 5.11 Å². The van der Waals surface area contributed by atoms with Crippen LogP contribution in [0.4, 0.5) is 5.69 Å². The van der Waals surface area contributed by atoms with Crippen molar-refractivity contribution in [1.82, 2.24) is 4.31 Å². The van der Waals surface area contributed by atoms with E-state index >= 15 is 0 Å². The van der Waals surface area contributed by atoms with Crippen molar-refractivity contribution in [2.24, 2.45) is 5.92 Å². The van der Waals surface area contributed by atoms with Crippen LogP contribution in [-0.2, 0) is 14.8 Å². The Balaban J connectivity index is 2.33. The minimum atomic E-state index is -3.79. The third kappa shape index (κ3) is 3.90. The Morgan fingerprint density at radius 2 is 2.08 bits per heavy atom. The third-order valence-corrected chi connectivity index (χ3v) is 7.03. The number of nitrogens with zero attached hydrogens (tertiary/aromatic N) is 2. The van der Waals surface area contributed by atoms with Crippen molar-refractivity contribution in [3.05, 3.63) is 22.7 Å². The summed E-state index contributed by atoms with van der Waals surface area (Å²) < 4.78 is 27.6. The molecule has 2 atom stereocenters. The monoisotopic (exact) mass is 420 g/mol. The van der Waals surface area contributed by atoms with E-state index < -0.39 is 28.0 Å². The first-order valence-electron chi connectivity index (χ1n) is 7.52. The van der Waals surface area contributed by atoms with Gasteiger partial charge in [0.25, 0.3) is 0 Å². The Morgan fingerprint density at radius 1 is 1.42 bits per heavy atom. The van der Waals surface area contributed by atoms with Gasteiger partial charge in [0, 0.05) is 43.3 Å². The van der Waals surface area contributed by atoms with Crippen LogP contribution in [0.2, 0.25) is 0 Å². The number of carbonyl (C=O) groups is 1. The number of sulfonamides is 1. The first-order valence-corrected chi connectivity index (χ1v) is 9.76. The summed E-state index contributed by atoms with van der Waals surface area (Å²) in [5.74, 6) is -1.93. The molecule has 0 radical (unpaired) electrons. The van der Waals surface area contributed by atoms with Crippen molar-refractivity contribution in [1.29, 1.82) is 0 Å². The molecule has 1 saturated heterocycles. The lowest BCUT2D eigenvalue weighted by molar-refractivity contribution is -0.150. The van der Waals surface area contributed by atoms with E-state index in [0.717, 1.165) is 5.69 Å². The molecule has 0 aromatic heterocycles. The van der Waals surface area contributed by atoms with Gasteiger partial charge in [-0.2, -0.15) is 4.31 Å². The number of hydrogen-bond donors (Lipinski definition) is 2. The van der Waals surface area contributed by atoms with E-state index in [1.807, 2.05) is 14.1 Å². The molecular formula is C15H21BrN2O5S. The molecule has 0 bridgehead atoms. The van der Waals surface area contributed by atoms with Crippen LogP contribution in [0.25, 0.3) is 0 Å². The van der Waals surface area contributed by atoms with Gasteiger partial charge >= 0.3 is 5.97 Å². The van der Waals surface area contributed by atoms with Gasteiger partial charge in [0.1, 0.15) is 0 Å². The maximum Gasteiger partial charge on any atom is 0.332 e. The minimum absolute atomic E-state index is 0.00552. The number of aliphatic hydroxyl groups excluding tert-OH is 1. The Kier molecular flexibility index (Phi) is 5.90. The van der Waals surface area contributed by atoms with E-state index in [1.54, 1.807) is 23.1 Å². The summed E-state index contributed by atoms with van der Waals surface area (Å²) in [4.78, 5) is 12.9. The molecule has 0 aliphatic carbocycles. The number of carboxylic acid groups (broad SMARTS) is 1. The van der Waals surface area contributed by atoms with Gasteiger partial charge in [0.2, 0.25) is 10.0 Å². The van der Waals surface area contributed by atoms with E-state index in [2.05, 4.69) is 15.9 Å². The lowest BCUT2D eigenvalue weighted by Crippen LogP contribution is -2.45. The second kappa shape index (κ2) is 7.38. The fraction of sp³-hybridized carbons (Fsp3) is 0.533. The average molecular weight is 421 g/mol. The van der Waals surface area contributed by atoms with Crippen LogP contribution in [-0.4, -0.2) is 62.2 Å². The average Bonchev–Trinajstić information content (AvgIpc) is 2.54. The van der Waals surface area contributed by atoms with Crippen LogP contribution in [0.1, 0.15) is 12.8 Å². The zero-order valence-electron chi connectivity index (χ0n) is 13.5. The van der Waals surface area contributed by atoms with Crippen molar-refractivity contribution in [3.63, 3.8) is 0 Å².